The number of hydrogen-bond donors (Lipinski definition) is 2. The molecule has 19 nitrogen and oxygen atoms in total. The first-order chi connectivity index (χ1) is 27.6. The fraction of sp³-hybridized carbons (Fsp3) is 0.475. The predicted molar refractivity (Wildman–Crippen MR) is 207 cm³/mol. The van der Waals surface area contributed by atoms with Gasteiger partial charge in [-0.1, -0.05) is 12.1 Å². The van der Waals surface area contributed by atoms with Crippen molar-refractivity contribution in [2.45, 2.75) is 97.1 Å². The predicted octanol–water partition coefficient (Wildman–Crippen LogP) is 3.95. The summed E-state index contributed by atoms with van der Waals surface area (Å²) in [4.78, 5) is 118. The number of likely N-dealkylation sites (tertiary alicyclic amines) is 2. The molecule has 6 rings (SSSR count). The lowest BCUT2D eigenvalue weighted by atomic mass is 10.0. The Bertz CT molecular complexity index is 2020. The molecule has 4 aliphatic rings. The zero-order valence-electron chi connectivity index (χ0n) is 33.7. The van der Waals surface area contributed by atoms with Crippen molar-refractivity contribution < 1.29 is 62.8 Å². The summed E-state index contributed by atoms with van der Waals surface area (Å²) in [6, 6.07) is 10.1. The maximum absolute atomic E-state index is 12.9. The topological polar surface area (TPSA) is 232 Å². The molecule has 4 saturated heterocycles. The molecule has 4 aliphatic heterocycles. The van der Waals surface area contributed by atoms with Gasteiger partial charge in [-0.15, -0.1) is 0 Å². The Hall–Kier alpha value is -6.37. The molecule has 2 aromatic rings. The van der Waals surface area contributed by atoms with Crippen LogP contribution in [0.2, 0.25) is 0 Å². The van der Waals surface area contributed by atoms with Crippen LogP contribution in [0.5, 0.6) is 0 Å². The van der Waals surface area contributed by atoms with E-state index in [-0.39, 0.29) is 57.0 Å². The van der Waals surface area contributed by atoms with E-state index in [1.165, 1.54) is 43.9 Å². The van der Waals surface area contributed by atoms with Crippen molar-refractivity contribution in [3.63, 3.8) is 0 Å². The first-order valence-electron chi connectivity index (χ1n) is 19.0. The van der Waals surface area contributed by atoms with Crippen LogP contribution in [0.4, 0.5) is 30.6 Å². The van der Waals surface area contributed by atoms with Crippen LogP contribution in [0, 0.1) is 0 Å². The molecule has 0 radical (unpaired) electrons. The number of amides is 10. The highest BCUT2D eigenvalue weighted by atomic mass is 16.6. The number of rotatable bonds is 6. The van der Waals surface area contributed by atoms with Crippen LogP contribution in [0.15, 0.2) is 48.5 Å². The van der Waals surface area contributed by atoms with Gasteiger partial charge < -0.3 is 29.5 Å². The third-order valence-electron chi connectivity index (χ3n) is 9.62. The molecule has 19 heteroatoms. The van der Waals surface area contributed by atoms with Crippen LogP contribution in [0.1, 0.15) is 83.1 Å². The maximum atomic E-state index is 12.9. The summed E-state index contributed by atoms with van der Waals surface area (Å²) in [5, 5.41) is 18.2. The number of aromatic carboxylic acids is 1. The quantitative estimate of drug-likeness (QED) is 0.394. The van der Waals surface area contributed by atoms with E-state index < -0.39 is 71.1 Å². The highest BCUT2D eigenvalue weighted by Gasteiger charge is 2.48. The first kappa shape index (κ1) is 43.7. The number of carboxylic acids is 1. The Kier molecular flexibility index (Phi) is 12.8. The van der Waals surface area contributed by atoms with Crippen molar-refractivity contribution in [2.75, 3.05) is 36.0 Å². The third-order valence-corrected chi connectivity index (χ3v) is 9.62. The largest absolute Gasteiger partial charge is 0.478 e. The van der Waals surface area contributed by atoms with Crippen LogP contribution in [-0.4, -0.2) is 133 Å². The zero-order valence-corrected chi connectivity index (χ0v) is 33.7. The summed E-state index contributed by atoms with van der Waals surface area (Å²) in [5.41, 5.74) is 0.231. The minimum atomic E-state index is -1.07. The number of benzene rings is 2. The number of carboxylic acid groups (broad SMARTS) is 1. The number of imide groups is 6. The summed E-state index contributed by atoms with van der Waals surface area (Å²) < 4.78 is 10.3. The highest BCUT2D eigenvalue weighted by molar-refractivity contribution is 6.14. The lowest BCUT2D eigenvalue weighted by Gasteiger charge is -2.34. The number of carbonyl (C=O) groups is 9. The average Bonchev–Trinajstić information content (AvgIpc) is 3.72. The Morgan fingerprint density at radius 2 is 0.983 bits per heavy atom. The number of hydrogen-bond acceptors (Lipinski definition) is 12. The van der Waals surface area contributed by atoms with Crippen LogP contribution >= 0.6 is 0 Å². The van der Waals surface area contributed by atoms with Gasteiger partial charge in [0.15, 0.2) is 0 Å². The fourth-order valence-corrected chi connectivity index (χ4v) is 6.84. The Balaban J connectivity index is 0.000000224. The molecule has 4 heterocycles. The molecule has 2 atom stereocenters. The van der Waals surface area contributed by atoms with Gasteiger partial charge in [-0.2, -0.15) is 9.80 Å². The smallest absolute Gasteiger partial charge is 0.424 e. The highest BCUT2D eigenvalue weighted by Crippen LogP contribution is 2.29. The Morgan fingerprint density at radius 3 is 1.32 bits per heavy atom. The molecule has 0 aliphatic carbocycles. The van der Waals surface area contributed by atoms with Crippen LogP contribution < -0.4 is 9.80 Å². The molecule has 10 amide bonds. The number of anilines is 2. The lowest BCUT2D eigenvalue weighted by Crippen LogP contribution is -2.57. The van der Waals surface area contributed by atoms with Gasteiger partial charge in [0.25, 0.3) is 11.8 Å². The van der Waals surface area contributed by atoms with Crippen molar-refractivity contribution in [2.24, 2.45) is 0 Å². The number of ether oxygens (including phenoxy) is 2. The monoisotopic (exact) mass is 820 g/mol. The van der Waals surface area contributed by atoms with E-state index in [1.54, 1.807) is 65.8 Å². The second-order valence-electron chi connectivity index (χ2n) is 16.1. The molecule has 4 fully saturated rings. The van der Waals surface area contributed by atoms with Gasteiger partial charge in [0.2, 0.25) is 11.8 Å². The van der Waals surface area contributed by atoms with Crippen molar-refractivity contribution >= 4 is 65.2 Å². The minimum absolute atomic E-state index is 0.0232. The molecule has 316 valence electrons. The number of aliphatic hydroxyl groups is 1. The van der Waals surface area contributed by atoms with Gasteiger partial charge >= 0.3 is 30.2 Å². The number of aliphatic hydroxyl groups excluding tert-OH is 1. The van der Waals surface area contributed by atoms with E-state index in [0.717, 1.165) is 5.56 Å². The van der Waals surface area contributed by atoms with Crippen LogP contribution in [0.3, 0.4) is 0 Å². The summed E-state index contributed by atoms with van der Waals surface area (Å²) in [6.07, 6.45) is -1.86. The van der Waals surface area contributed by atoms with E-state index in [2.05, 4.69) is 0 Å². The number of urea groups is 2. The second kappa shape index (κ2) is 17.2. The average molecular weight is 821 g/mol. The SMILES string of the molecule is CC(C)(C)OC(=O)N1C(=O)CCC(N2CCN(c3ccc(C(=O)O)cc3)C2=O)C1=O.CC(C)(C)OC(=O)N1C(=O)CCC(N2CCN(c3ccc(CO)cc3)C2=O)C1=O. The van der Waals surface area contributed by atoms with Gasteiger partial charge in [-0.25, -0.2) is 24.0 Å². The molecule has 2 N–H and O–H groups in total. The molecular weight excluding hydrogens is 772 g/mol. The van der Waals surface area contributed by atoms with E-state index in [0.29, 0.717) is 34.3 Å². The molecule has 0 spiro atoms. The van der Waals surface area contributed by atoms with E-state index in [9.17, 15) is 43.2 Å². The van der Waals surface area contributed by atoms with Crippen molar-refractivity contribution in [3.8, 4) is 0 Å². The maximum Gasteiger partial charge on any atom is 0.424 e. The first-order valence-corrected chi connectivity index (χ1v) is 19.0. The van der Waals surface area contributed by atoms with Crippen LogP contribution in [0.25, 0.3) is 0 Å². The molecule has 0 saturated carbocycles. The second-order valence-corrected chi connectivity index (χ2v) is 16.1. The summed E-state index contributed by atoms with van der Waals surface area (Å²) in [7, 11) is 0. The van der Waals surface area contributed by atoms with E-state index in [4.69, 9.17) is 19.7 Å². The summed E-state index contributed by atoms with van der Waals surface area (Å²) in [5.74, 6) is -3.87. The minimum Gasteiger partial charge on any atom is -0.478 e. The van der Waals surface area contributed by atoms with E-state index >= 15 is 0 Å². The Morgan fingerprint density at radius 1 is 0.610 bits per heavy atom. The van der Waals surface area contributed by atoms with Gasteiger partial charge in [-0.05, 0) is 96.3 Å². The van der Waals surface area contributed by atoms with Gasteiger partial charge in [-0.3, -0.25) is 29.0 Å². The van der Waals surface area contributed by atoms with Gasteiger partial charge in [0.1, 0.15) is 23.3 Å². The van der Waals surface area contributed by atoms with E-state index in [1.807, 2.05) is 0 Å². The molecule has 0 aromatic heterocycles. The fourth-order valence-electron chi connectivity index (χ4n) is 6.84. The number of nitrogens with zero attached hydrogens (tertiary/aromatic N) is 6. The summed E-state index contributed by atoms with van der Waals surface area (Å²) >= 11 is 0. The molecule has 59 heavy (non-hydrogen) atoms. The number of piperidine rings is 2. The third kappa shape index (κ3) is 9.85. The number of carbonyl (C=O) groups excluding carboxylic acids is 8. The van der Waals surface area contributed by atoms with Gasteiger partial charge in [0, 0.05) is 50.4 Å². The van der Waals surface area contributed by atoms with Crippen molar-refractivity contribution in [1.82, 2.24) is 19.6 Å². The molecule has 0 bridgehead atoms. The Labute approximate surface area is 340 Å². The molecule has 2 aromatic carbocycles. The molecular formula is C40H48N6O13. The van der Waals surface area contributed by atoms with Crippen LogP contribution in [-0.2, 0) is 35.3 Å². The normalized spacial score (nSPS) is 20.3. The van der Waals surface area contributed by atoms with Gasteiger partial charge in [0.05, 0.1) is 12.2 Å². The zero-order chi connectivity index (χ0) is 43.6. The summed E-state index contributed by atoms with van der Waals surface area (Å²) in [6.45, 7) is 10.9. The van der Waals surface area contributed by atoms with Crippen molar-refractivity contribution in [1.29, 1.82) is 0 Å². The molecule has 2 unspecified atom stereocenters. The standard InChI is InChI=1S/C20H23N3O7.C20H25N3O6/c1-20(2,3)30-19(29)23-15(24)9-8-14(16(23)25)22-11-10-21(18(22)28)13-6-4-12(5-7-13)17(26)27;1-20(2,3)29-19(28)23-16(25)9-8-15(17(23)26)22-11-10-21(18(22)27)14-6-4-13(12-24)5-7-14/h4-7,14H,8-11H2,1-3H3,(H,26,27);4-7,15,24H,8-12H2,1-3H3. The van der Waals surface area contributed by atoms with Crippen molar-refractivity contribution in [3.05, 3.63) is 59.7 Å². The lowest BCUT2D eigenvalue weighted by molar-refractivity contribution is -0.152.